The van der Waals surface area contributed by atoms with Gasteiger partial charge in [0.1, 0.15) is 17.2 Å². The summed E-state index contributed by atoms with van der Waals surface area (Å²) in [5.74, 6) is 1.69. The van der Waals surface area contributed by atoms with Crippen molar-refractivity contribution in [3.8, 4) is 17.2 Å². The number of amides is 1. The summed E-state index contributed by atoms with van der Waals surface area (Å²) in [5, 5.41) is 2.78. The van der Waals surface area contributed by atoms with Crippen LogP contribution in [-0.4, -0.2) is 17.5 Å². The highest BCUT2D eigenvalue weighted by molar-refractivity contribution is 9.10. The Hall–Kier alpha value is -2.86. The van der Waals surface area contributed by atoms with Crippen LogP contribution in [0.1, 0.15) is 0 Å². The third kappa shape index (κ3) is 5.32. The monoisotopic (exact) mass is 398 g/mol. The zero-order valence-electron chi connectivity index (χ0n) is 13.2. The Labute approximate surface area is 153 Å². The number of carbonyl (C=O) groups excluding carboxylic acids is 1. The normalized spacial score (nSPS) is 10.1. The third-order valence-corrected chi connectivity index (χ3v) is 3.72. The van der Waals surface area contributed by atoms with E-state index in [2.05, 4.69) is 26.2 Å². The second-order valence-electron chi connectivity index (χ2n) is 5.10. The molecular weight excluding hydrogens is 384 g/mol. The smallest absolute Gasteiger partial charge is 0.262 e. The van der Waals surface area contributed by atoms with Gasteiger partial charge in [-0.15, -0.1) is 0 Å². The lowest BCUT2D eigenvalue weighted by Gasteiger charge is -2.10. The van der Waals surface area contributed by atoms with Gasteiger partial charge < -0.3 is 14.8 Å². The van der Waals surface area contributed by atoms with Gasteiger partial charge >= 0.3 is 0 Å². The van der Waals surface area contributed by atoms with Crippen LogP contribution in [0.5, 0.6) is 17.2 Å². The van der Waals surface area contributed by atoms with Crippen molar-refractivity contribution < 1.29 is 14.3 Å². The molecule has 0 aliphatic heterocycles. The van der Waals surface area contributed by atoms with E-state index in [9.17, 15) is 4.79 Å². The number of nitrogens with zero attached hydrogens (tertiary/aromatic N) is 1. The van der Waals surface area contributed by atoms with Gasteiger partial charge in [0.25, 0.3) is 5.91 Å². The number of rotatable bonds is 6. The first kappa shape index (κ1) is 17.0. The van der Waals surface area contributed by atoms with E-state index in [0.29, 0.717) is 22.9 Å². The van der Waals surface area contributed by atoms with Crippen LogP contribution in [-0.2, 0) is 4.79 Å². The Morgan fingerprint density at radius 2 is 1.72 bits per heavy atom. The summed E-state index contributed by atoms with van der Waals surface area (Å²) in [6.45, 7) is -0.0723. The maximum Gasteiger partial charge on any atom is 0.262 e. The van der Waals surface area contributed by atoms with E-state index in [4.69, 9.17) is 9.47 Å². The molecule has 0 fully saturated rings. The zero-order chi connectivity index (χ0) is 17.5. The fourth-order valence-corrected chi connectivity index (χ4v) is 2.32. The quantitative estimate of drug-likeness (QED) is 0.656. The van der Waals surface area contributed by atoms with Crippen LogP contribution in [0.3, 0.4) is 0 Å². The maximum atomic E-state index is 12.0. The first-order valence-electron chi connectivity index (χ1n) is 7.55. The molecule has 3 aromatic rings. The van der Waals surface area contributed by atoms with Gasteiger partial charge in [-0.1, -0.05) is 22.0 Å². The number of anilines is 1. The molecule has 0 aliphatic rings. The Morgan fingerprint density at radius 3 is 2.48 bits per heavy atom. The molecule has 2 aromatic carbocycles. The van der Waals surface area contributed by atoms with Gasteiger partial charge in [0.2, 0.25) is 0 Å². The summed E-state index contributed by atoms with van der Waals surface area (Å²) in [6, 6.07) is 18.0. The first-order valence-corrected chi connectivity index (χ1v) is 8.34. The molecule has 1 aromatic heterocycles. The summed E-state index contributed by atoms with van der Waals surface area (Å²) in [7, 11) is 0. The van der Waals surface area contributed by atoms with Crippen molar-refractivity contribution in [1.82, 2.24) is 4.98 Å². The predicted molar refractivity (Wildman–Crippen MR) is 99.0 cm³/mol. The van der Waals surface area contributed by atoms with Gasteiger partial charge in [-0.25, -0.2) is 0 Å². The number of ether oxygens (including phenoxy) is 2. The number of hydrogen-bond acceptors (Lipinski definition) is 4. The Morgan fingerprint density at radius 1 is 0.960 bits per heavy atom. The molecule has 126 valence electrons. The van der Waals surface area contributed by atoms with Crippen molar-refractivity contribution in [3.05, 3.63) is 77.5 Å². The maximum absolute atomic E-state index is 12.0. The molecule has 3 rings (SSSR count). The second-order valence-corrected chi connectivity index (χ2v) is 6.02. The molecule has 0 saturated heterocycles. The summed E-state index contributed by atoms with van der Waals surface area (Å²) >= 11 is 3.35. The molecular formula is C19H15BrN2O3. The van der Waals surface area contributed by atoms with E-state index >= 15 is 0 Å². The molecule has 0 radical (unpaired) electrons. The zero-order valence-corrected chi connectivity index (χ0v) is 14.8. The van der Waals surface area contributed by atoms with Crippen molar-refractivity contribution in [1.29, 1.82) is 0 Å². The number of aromatic nitrogens is 1. The predicted octanol–water partition coefficient (Wildman–Crippen LogP) is 4.65. The van der Waals surface area contributed by atoms with Crippen LogP contribution in [0.2, 0.25) is 0 Å². The van der Waals surface area contributed by atoms with Crippen LogP contribution in [0.4, 0.5) is 5.69 Å². The number of pyridine rings is 1. The highest BCUT2D eigenvalue weighted by atomic mass is 79.9. The first-order chi connectivity index (χ1) is 12.2. The van der Waals surface area contributed by atoms with E-state index in [-0.39, 0.29) is 12.5 Å². The second kappa shape index (κ2) is 8.30. The standard InChI is InChI=1S/C19H15BrN2O3/c20-14-4-6-16(7-5-14)24-13-19(23)22-15-2-1-3-18(12-15)25-17-8-10-21-11-9-17/h1-12H,13H2,(H,22,23). The largest absolute Gasteiger partial charge is 0.484 e. The van der Waals surface area contributed by atoms with E-state index in [1.54, 1.807) is 48.8 Å². The van der Waals surface area contributed by atoms with E-state index in [0.717, 1.165) is 4.47 Å². The van der Waals surface area contributed by atoms with E-state index in [1.807, 2.05) is 24.3 Å². The van der Waals surface area contributed by atoms with Crippen LogP contribution in [0, 0.1) is 0 Å². The average Bonchev–Trinajstić information content (AvgIpc) is 2.62. The molecule has 6 heteroatoms. The lowest BCUT2D eigenvalue weighted by molar-refractivity contribution is -0.118. The highest BCUT2D eigenvalue weighted by Crippen LogP contribution is 2.23. The SMILES string of the molecule is O=C(COc1ccc(Br)cc1)Nc1cccc(Oc2ccncc2)c1. The minimum atomic E-state index is -0.246. The molecule has 1 amide bonds. The molecule has 1 heterocycles. The summed E-state index contributed by atoms with van der Waals surface area (Å²) in [5.41, 5.74) is 0.635. The lowest BCUT2D eigenvalue weighted by Crippen LogP contribution is -2.20. The summed E-state index contributed by atoms with van der Waals surface area (Å²) in [6.07, 6.45) is 3.31. The van der Waals surface area contributed by atoms with Crippen LogP contribution in [0.15, 0.2) is 77.5 Å². The molecule has 0 saturated carbocycles. The highest BCUT2D eigenvalue weighted by Gasteiger charge is 2.05. The number of nitrogens with one attached hydrogen (secondary N) is 1. The average molecular weight is 399 g/mol. The van der Waals surface area contributed by atoms with E-state index < -0.39 is 0 Å². The number of halogens is 1. The fraction of sp³-hybridized carbons (Fsp3) is 0.0526. The molecule has 0 bridgehead atoms. The Balaban J connectivity index is 1.56. The summed E-state index contributed by atoms with van der Waals surface area (Å²) < 4.78 is 12.1. The number of benzene rings is 2. The summed E-state index contributed by atoms with van der Waals surface area (Å²) in [4.78, 5) is 16.0. The lowest BCUT2D eigenvalue weighted by atomic mass is 10.3. The topological polar surface area (TPSA) is 60.5 Å². The minimum absolute atomic E-state index is 0.0723. The van der Waals surface area contributed by atoms with Crippen molar-refractivity contribution >= 4 is 27.5 Å². The Kier molecular flexibility index (Phi) is 5.64. The van der Waals surface area contributed by atoms with Gasteiger partial charge in [0.05, 0.1) is 0 Å². The molecule has 0 atom stereocenters. The molecule has 5 nitrogen and oxygen atoms in total. The van der Waals surface area contributed by atoms with Gasteiger partial charge in [-0.2, -0.15) is 0 Å². The number of carbonyl (C=O) groups is 1. The molecule has 0 aliphatic carbocycles. The van der Waals surface area contributed by atoms with Gasteiger partial charge in [0.15, 0.2) is 6.61 Å². The molecule has 25 heavy (non-hydrogen) atoms. The van der Waals surface area contributed by atoms with Crippen molar-refractivity contribution in [2.45, 2.75) is 0 Å². The van der Waals surface area contributed by atoms with Crippen LogP contribution < -0.4 is 14.8 Å². The Bertz CT molecular complexity index is 839. The minimum Gasteiger partial charge on any atom is -0.484 e. The third-order valence-electron chi connectivity index (χ3n) is 3.19. The molecule has 0 unspecified atom stereocenters. The molecule has 0 spiro atoms. The molecule has 1 N–H and O–H groups in total. The van der Waals surface area contributed by atoms with Crippen molar-refractivity contribution in [2.24, 2.45) is 0 Å². The van der Waals surface area contributed by atoms with Crippen LogP contribution in [0.25, 0.3) is 0 Å². The van der Waals surface area contributed by atoms with Crippen molar-refractivity contribution in [3.63, 3.8) is 0 Å². The van der Waals surface area contributed by atoms with E-state index in [1.165, 1.54) is 0 Å². The van der Waals surface area contributed by atoms with Crippen molar-refractivity contribution in [2.75, 3.05) is 11.9 Å². The van der Waals surface area contributed by atoms with Gasteiger partial charge in [0, 0.05) is 28.6 Å². The number of hydrogen-bond donors (Lipinski definition) is 1. The fourth-order valence-electron chi connectivity index (χ4n) is 2.06. The van der Waals surface area contributed by atoms with Gasteiger partial charge in [-0.05, 0) is 48.5 Å². The van der Waals surface area contributed by atoms with Crippen LogP contribution >= 0.6 is 15.9 Å². The van der Waals surface area contributed by atoms with Gasteiger partial charge in [-0.3, -0.25) is 9.78 Å².